The summed E-state index contributed by atoms with van der Waals surface area (Å²) in [5.41, 5.74) is 0. The summed E-state index contributed by atoms with van der Waals surface area (Å²) in [6.45, 7) is 5.30. The van der Waals surface area contributed by atoms with Gasteiger partial charge in [0, 0.05) is 57.6 Å². The van der Waals surface area contributed by atoms with Crippen LogP contribution in [0.15, 0.2) is 18.6 Å². The quantitative estimate of drug-likeness (QED) is 0.870. The van der Waals surface area contributed by atoms with Crippen LogP contribution in [0.2, 0.25) is 0 Å². The molecule has 1 aromatic heterocycles. The molecular weight excluding hydrogens is 270 g/mol. The average molecular weight is 291 g/mol. The number of piperazine rings is 1. The summed E-state index contributed by atoms with van der Waals surface area (Å²) in [5, 5.41) is 3.01. The van der Waals surface area contributed by atoms with Crippen molar-refractivity contribution in [2.45, 2.75) is 6.42 Å². The minimum absolute atomic E-state index is 0.0284. The Bertz CT molecular complexity index is 456. The highest BCUT2D eigenvalue weighted by Crippen LogP contribution is 2.13. The number of hydrogen-bond donors (Lipinski definition) is 1. The second-order valence-electron chi connectivity index (χ2n) is 5.45. The molecule has 114 valence electrons. The monoisotopic (exact) mass is 291 g/mol. The van der Waals surface area contributed by atoms with Gasteiger partial charge < -0.3 is 19.9 Å². The molecule has 1 aromatic rings. The maximum Gasteiger partial charge on any atom is 0.317 e. The van der Waals surface area contributed by atoms with E-state index in [4.69, 9.17) is 4.74 Å². The number of anilines is 1. The Labute approximate surface area is 124 Å². The second kappa shape index (κ2) is 6.71. The summed E-state index contributed by atoms with van der Waals surface area (Å²) in [4.78, 5) is 24.5. The molecule has 7 nitrogen and oxygen atoms in total. The van der Waals surface area contributed by atoms with Gasteiger partial charge >= 0.3 is 6.03 Å². The number of carbonyl (C=O) groups is 1. The van der Waals surface area contributed by atoms with Crippen LogP contribution in [-0.4, -0.2) is 66.8 Å². The largest absolute Gasteiger partial charge is 0.381 e. The van der Waals surface area contributed by atoms with Gasteiger partial charge in [-0.15, -0.1) is 0 Å². The normalized spacial score (nSPS) is 22.4. The van der Waals surface area contributed by atoms with Crippen LogP contribution < -0.4 is 10.2 Å². The molecule has 21 heavy (non-hydrogen) atoms. The van der Waals surface area contributed by atoms with Crippen molar-refractivity contribution < 1.29 is 9.53 Å². The Balaban J connectivity index is 1.43. The first-order valence-electron chi connectivity index (χ1n) is 7.44. The SMILES string of the molecule is O=C(NC[C@H]1CCOC1)N1CCN(c2cnccn2)CC1. The zero-order chi connectivity index (χ0) is 14.5. The molecule has 0 bridgehead atoms. The van der Waals surface area contributed by atoms with Crippen LogP contribution in [0.1, 0.15) is 6.42 Å². The molecule has 0 spiro atoms. The summed E-state index contributed by atoms with van der Waals surface area (Å²) in [6, 6.07) is 0.0284. The zero-order valence-electron chi connectivity index (χ0n) is 12.1. The van der Waals surface area contributed by atoms with Crippen molar-refractivity contribution in [2.75, 3.05) is 50.8 Å². The highest BCUT2D eigenvalue weighted by atomic mass is 16.5. The van der Waals surface area contributed by atoms with Crippen molar-refractivity contribution in [2.24, 2.45) is 5.92 Å². The van der Waals surface area contributed by atoms with Crippen LogP contribution in [0.25, 0.3) is 0 Å². The van der Waals surface area contributed by atoms with Crippen molar-refractivity contribution in [1.29, 1.82) is 0 Å². The summed E-state index contributed by atoms with van der Waals surface area (Å²) >= 11 is 0. The van der Waals surface area contributed by atoms with Crippen molar-refractivity contribution in [3.05, 3.63) is 18.6 Å². The molecule has 7 heteroatoms. The number of rotatable bonds is 3. The Hall–Kier alpha value is -1.89. The number of amides is 2. The first kappa shape index (κ1) is 14.1. The van der Waals surface area contributed by atoms with Crippen LogP contribution in [0.5, 0.6) is 0 Å². The number of ether oxygens (including phenoxy) is 1. The van der Waals surface area contributed by atoms with E-state index in [9.17, 15) is 4.79 Å². The van der Waals surface area contributed by atoms with E-state index in [-0.39, 0.29) is 6.03 Å². The van der Waals surface area contributed by atoms with E-state index < -0.39 is 0 Å². The molecule has 1 atom stereocenters. The lowest BCUT2D eigenvalue weighted by atomic mass is 10.1. The highest BCUT2D eigenvalue weighted by Gasteiger charge is 2.23. The van der Waals surface area contributed by atoms with Gasteiger partial charge in [-0.3, -0.25) is 4.98 Å². The number of aromatic nitrogens is 2. The van der Waals surface area contributed by atoms with Gasteiger partial charge in [-0.25, -0.2) is 9.78 Å². The number of hydrogen-bond acceptors (Lipinski definition) is 5. The lowest BCUT2D eigenvalue weighted by Gasteiger charge is -2.35. The van der Waals surface area contributed by atoms with Crippen molar-refractivity contribution in [3.63, 3.8) is 0 Å². The van der Waals surface area contributed by atoms with Gasteiger partial charge in [-0.05, 0) is 6.42 Å². The third-order valence-electron chi connectivity index (χ3n) is 4.01. The number of urea groups is 1. The molecule has 3 heterocycles. The fourth-order valence-electron chi connectivity index (χ4n) is 2.68. The second-order valence-corrected chi connectivity index (χ2v) is 5.45. The molecule has 0 radical (unpaired) electrons. The molecule has 2 saturated heterocycles. The van der Waals surface area contributed by atoms with Gasteiger partial charge in [0.15, 0.2) is 0 Å². The minimum Gasteiger partial charge on any atom is -0.381 e. The molecule has 1 N–H and O–H groups in total. The van der Waals surface area contributed by atoms with Gasteiger partial charge in [-0.2, -0.15) is 0 Å². The van der Waals surface area contributed by atoms with E-state index in [1.807, 2.05) is 4.90 Å². The highest BCUT2D eigenvalue weighted by molar-refractivity contribution is 5.74. The molecule has 3 rings (SSSR count). The molecule has 2 fully saturated rings. The van der Waals surface area contributed by atoms with Crippen molar-refractivity contribution in [1.82, 2.24) is 20.2 Å². The van der Waals surface area contributed by atoms with Crippen LogP contribution in [0, 0.1) is 5.92 Å². The summed E-state index contributed by atoms with van der Waals surface area (Å²) in [5.74, 6) is 1.34. The Kier molecular flexibility index (Phi) is 4.49. The lowest BCUT2D eigenvalue weighted by molar-refractivity contribution is 0.179. The summed E-state index contributed by atoms with van der Waals surface area (Å²) < 4.78 is 5.31. The smallest absolute Gasteiger partial charge is 0.317 e. The van der Waals surface area contributed by atoms with E-state index in [0.29, 0.717) is 25.6 Å². The lowest BCUT2D eigenvalue weighted by Crippen LogP contribution is -2.52. The van der Waals surface area contributed by atoms with Crippen molar-refractivity contribution >= 4 is 11.8 Å². The van der Waals surface area contributed by atoms with Crippen molar-refractivity contribution in [3.8, 4) is 0 Å². The number of carbonyl (C=O) groups excluding carboxylic acids is 1. The van der Waals surface area contributed by atoms with Gasteiger partial charge in [0.2, 0.25) is 0 Å². The topological polar surface area (TPSA) is 70.6 Å². The van der Waals surface area contributed by atoms with E-state index in [0.717, 1.165) is 38.5 Å². The summed E-state index contributed by atoms with van der Waals surface area (Å²) in [6.07, 6.45) is 6.16. The molecule has 2 aliphatic rings. The molecule has 0 unspecified atom stereocenters. The van der Waals surface area contributed by atoms with Gasteiger partial charge in [0.05, 0.1) is 12.8 Å². The Morgan fingerprint density at radius 1 is 1.33 bits per heavy atom. The zero-order valence-corrected chi connectivity index (χ0v) is 12.1. The van der Waals surface area contributed by atoms with E-state index >= 15 is 0 Å². The fraction of sp³-hybridized carbons (Fsp3) is 0.643. The first-order valence-corrected chi connectivity index (χ1v) is 7.44. The maximum absolute atomic E-state index is 12.1. The summed E-state index contributed by atoms with van der Waals surface area (Å²) in [7, 11) is 0. The van der Waals surface area contributed by atoms with Gasteiger partial charge in [0.1, 0.15) is 5.82 Å². The number of nitrogens with one attached hydrogen (secondary N) is 1. The average Bonchev–Trinajstić information content (AvgIpc) is 3.07. The third-order valence-corrected chi connectivity index (χ3v) is 4.01. The molecule has 2 aliphatic heterocycles. The Morgan fingerprint density at radius 2 is 2.19 bits per heavy atom. The molecule has 2 amide bonds. The molecule has 0 saturated carbocycles. The van der Waals surface area contributed by atoms with E-state index in [1.54, 1.807) is 18.6 Å². The molecule has 0 aromatic carbocycles. The predicted molar refractivity (Wildman–Crippen MR) is 78.1 cm³/mol. The van der Waals surface area contributed by atoms with E-state index in [2.05, 4.69) is 20.2 Å². The number of nitrogens with zero attached hydrogens (tertiary/aromatic N) is 4. The van der Waals surface area contributed by atoms with E-state index in [1.165, 1.54) is 0 Å². The van der Waals surface area contributed by atoms with Crippen LogP contribution in [0.4, 0.5) is 10.6 Å². The fourth-order valence-corrected chi connectivity index (χ4v) is 2.68. The third kappa shape index (κ3) is 3.60. The predicted octanol–water partition coefficient (Wildman–Crippen LogP) is 0.345. The minimum atomic E-state index is 0.0284. The van der Waals surface area contributed by atoms with Gasteiger partial charge in [-0.1, -0.05) is 0 Å². The van der Waals surface area contributed by atoms with Crippen LogP contribution in [-0.2, 0) is 4.74 Å². The van der Waals surface area contributed by atoms with Gasteiger partial charge in [0.25, 0.3) is 0 Å². The van der Waals surface area contributed by atoms with Crippen LogP contribution in [0.3, 0.4) is 0 Å². The standard InChI is InChI=1S/C14H21N5O2/c20-14(17-9-12-1-8-21-11-12)19-6-4-18(5-7-19)13-10-15-2-3-16-13/h2-3,10,12H,1,4-9,11H2,(H,17,20)/t12-/m1/s1. The first-order chi connectivity index (χ1) is 10.3. The maximum atomic E-state index is 12.1. The Morgan fingerprint density at radius 3 is 2.86 bits per heavy atom. The molecular formula is C14H21N5O2. The molecule has 0 aliphatic carbocycles. The van der Waals surface area contributed by atoms with Crippen LogP contribution >= 0.6 is 0 Å².